The van der Waals surface area contributed by atoms with E-state index in [2.05, 4.69) is 10.3 Å². The molecule has 1 aromatic rings. The Balaban J connectivity index is 1.94. The molecule has 0 radical (unpaired) electrons. The Morgan fingerprint density at radius 2 is 2.60 bits per heavy atom. The molecule has 0 aliphatic carbocycles. The van der Waals surface area contributed by atoms with E-state index in [-0.39, 0.29) is 11.1 Å². The Hall–Kier alpha value is -1.21. The minimum absolute atomic E-state index is 0.0220. The SMILES string of the molecule is O=[N+]([O-])c1cnc(OC2CCCNC2)s1. The summed E-state index contributed by atoms with van der Waals surface area (Å²) in [4.78, 5) is 13.8. The molecule has 1 aliphatic rings. The van der Waals surface area contributed by atoms with Crippen molar-refractivity contribution in [3.05, 3.63) is 16.3 Å². The van der Waals surface area contributed by atoms with Crippen molar-refractivity contribution in [2.24, 2.45) is 0 Å². The molecule has 82 valence electrons. The third-order valence-corrected chi connectivity index (χ3v) is 3.01. The summed E-state index contributed by atoms with van der Waals surface area (Å²) in [6, 6.07) is 0. The lowest BCUT2D eigenvalue weighted by Crippen LogP contribution is -2.37. The monoisotopic (exact) mass is 229 g/mol. The Morgan fingerprint density at radius 1 is 1.73 bits per heavy atom. The summed E-state index contributed by atoms with van der Waals surface area (Å²) in [5.41, 5.74) is 0. The van der Waals surface area contributed by atoms with E-state index >= 15 is 0 Å². The molecule has 1 aromatic heterocycles. The van der Waals surface area contributed by atoms with Crippen molar-refractivity contribution in [2.45, 2.75) is 18.9 Å². The molecule has 1 aliphatic heterocycles. The average Bonchev–Trinajstić information content (AvgIpc) is 2.68. The quantitative estimate of drug-likeness (QED) is 0.622. The molecule has 0 aromatic carbocycles. The molecular weight excluding hydrogens is 218 g/mol. The zero-order valence-corrected chi connectivity index (χ0v) is 8.83. The zero-order chi connectivity index (χ0) is 10.7. The Bertz CT molecular complexity index is 349. The summed E-state index contributed by atoms with van der Waals surface area (Å²) in [7, 11) is 0. The van der Waals surface area contributed by atoms with Gasteiger partial charge in [-0.3, -0.25) is 10.1 Å². The number of thiazole rings is 1. The fourth-order valence-corrected chi connectivity index (χ4v) is 2.10. The van der Waals surface area contributed by atoms with E-state index in [0.29, 0.717) is 5.19 Å². The van der Waals surface area contributed by atoms with Crippen LogP contribution in [0.5, 0.6) is 5.19 Å². The van der Waals surface area contributed by atoms with Gasteiger partial charge >= 0.3 is 5.00 Å². The van der Waals surface area contributed by atoms with Crippen LogP contribution < -0.4 is 10.1 Å². The molecule has 15 heavy (non-hydrogen) atoms. The van der Waals surface area contributed by atoms with Gasteiger partial charge in [0.05, 0.1) is 4.92 Å². The van der Waals surface area contributed by atoms with Gasteiger partial charge in [0, 0.05) is 6.54 Å². The fraction of sp³-hybridized carbons (Fsp3) is 0.625. The highest BCUT2D eigenvalue weighted by molar-refractivity contribution is 7.16. The number of aromatic nitrogens is 1. The van der Waals surface area contributed by atoms with Crippen LogP contribution in [0.25, 0.3) is 0 Å². The van der Waals surface area contributed by atoms with Gasteiger partial charge < -0.3 is 10.1 Å². The van der Waals surface area contributed by atoms with Crippen molar-refractivity contribution in [1.29, 1.82) is 0 Å². The maximum atomic E-state index is 10.4. The first-order valence-corrected chi connectivity index (χ1v) is 5.55. The molecule has 0 saturated carbocycles. The maximum Gasteiger partial charge on any atom is 0.347 e. The van der Waals surface area contributed by atoms with Gasteiger partial charge in [-0.05, 0) is 30.7 Å². The Morgan fingerprint density at radius 3 is 3.20 bits per heavy atom. The van der Waals surface area contributed by atoms with Gasteiger partial charge in [0.15, 0.2) is 0 Å². The number of nitro groups is 1. The number of hydrogen-bond donors (Lipinski definition) is 1. The summed E-state index contributed by atoms with van der Waals surface area (Å²) >= 11 is 0.974. The van der Waals surface area contributed by atoms with Crippen LogP contribution in [0, 0.1) is 10.1 Å². The number of hydrogen-bond acceptors (Lipinski definition) is 6. The molecule has 6 nitrogen and oxygen atoms in total. The summed E-state index contributed by atoms with van der Waals surface area (Å²) in [5, 5.41) is 14.0. The van der Waals surface area contributed by atoms with Crippen LogP contribution in [0.15, 0.2) is 6.20 Å². The molecule has 1 atom stereocenters. The first-order valence-electron chi connectivity index (χ1n) is 4.73. The van der Waals surface area contributed by atoms with Crippen molar-refractivity contribution in [3.63, 3.8) is 0 Å². The van der Waals surface area contributed by atoms with Crippen LogP contribution in [0.4, 0.5) is 5.00 Å². The van der Waals surface area contributed by atoms with E-state index in [1.54, 1.807) is 0 Å². The van der Waals surface area contributed by atoms with Gasteiger partial charge in [-0.25, -0.2) is 4.98 Å². The van der Waals surface area contributed by atoms with Crippen molar-refractivity contribution < 1.29 is 9.66 Å². The lowest BCUT2D eigenvalue weighted by atomic mass is 10.1. The molecular formula is C8H11N3O3S. The topological polar surface area (TPSA) is 77.3 Å². The summed E-state index contributed by atoms with van der Waals surface area (Å²) in [5.74, 6) is 0. The smallest absolute Gasteiger partial charge is 0.347 e. The van der Waals surface area contributed by atoms with Crippen molar-refractivity contribution in [3.8, 4) is 5.19 Å². The molecule has 1 unspecified atom stereocenters. The van der Waals surface area contributed by atoms with Crippen LogP contribution in [0.2, 0.25) is 0 Å². The minimum atomic E-state index is -0.455. The molecule has 0 spiro atoms. The van der Waals surface area contributed by atoms with E-state index in [0.717, 1.165) is 37.3 Å². The van der Waals surface area contributed by atoms with Gasteiger partial charge in [-0.2, -0.15) is 0 Å². The number of rotatable bonds is 3. The average molecular weight is 229 g/mol. The van der Waals surface area contributed by atoms with Gasteiger partial charge in [0.25, 0.3) is 5.19 Å². The number of nitrogens with zero attached hydrogens (tertiary/aromatic N) is 2. The van der Waals surface area contributed by atoms with Gasteiger partial charge in [-0.1, -0.05) is 0 Å². The first kappa shape index (κ1) is 10.3. The third-order valence-electron chi connectivity index (χ3n) is 2.17. The maximum absolute atomic E-state index is 10.4. The standard InChI is InChI=1S/C8H11N3O3S/c12-11(13)7-5-10-8(15-7)14-6-2-1-3-9-4-6/h5-6,9H,1-4H2. The molecule has 2 heterocycles. The molecule has 1 fully saturated rings. The van der Waals surface area contributed by atoms with Gasteiger partial charge in [0.2, 0.25) is 0 Å². The van der Waals surface area contributed by atoms with Gasteiger partial charge in [0.1, 0.15) is 12.3 Å². The van der Waals surface area contributed by atoms with E-state index in [9.17, 15) is 10.1 Å². The summed E-state index contributed by atoms with van der Waals surface area (Å²) in [6.07, 6.45) is 3.36. The number of ether oxygens (including phenoxy) is 1. The van der Waals surface area contributed by atoms with E-state index < -0.39 is 4.92 Å². The number of piperidine rings is 1. The molecule has 1 saturated heterocycles. The van der Waals surface area contributed by atoms with Crippen LogP contribution in [0.3, 0.4) is 0 Å². The number of nitrogens with one attached hydrogen (secondary N) is 1. The second-order valence-corrected chi connectivity index (χ2v) is 4.28. The predicted molar refractivity (Wildman–Crippen MR) is 55.3 cm³/mol. The highest BCUT2D eigenvalue weighted by Gasteiger charge is 2.18. The lowest BCUT2D eigenvalue weighted by molar-refractivity contribution is -0.380. The van der Waals surface area contributed by atoms with E-state index in [1.165, 1.54) is 6.20 Å². The molecule has 0 amide bonds. The second kappa shape index (κ2) is 4.54. The van der Waals surface area contributed by atoms with Crippen molar-refractivity contribution in [2.75, 3.05) is 13.1 Å². The van der Waals surface area contributed by atoms with Crippen molar-refractivity contribution in [1.82, 2.24) is 10.3 Å². The summed E-state index contributed by atoms with van der Waals surface area (Å²) < 4.78 is 5.53. The Labute approximate surface area is 90.4 Å². The Kier molecular flexibility index (Phi) is 3.12. The zero-order valence-electron chi connectivity index (χ0n) is 8.01. The predicted octanol–water partition coefficient (Wildman–Crippen LogP) is 1.18. The minimum Gasteiger partial charge on any atom is -0.465 e. The van der Waals surface area contributed by atoms with Crippen LogP contribution >= 0.6 is 11.3 Å². The van der Waals surface area contributed by atoms with Gasteiger partial charge in [-0.15, -0.1) is 0 Å². The molecule has 2 rings (SSSR count). The third kappa shape index (κ3) is 2.63. The molecule has 1 N–H and O–H groups in total. The fourth-order valence-electron chi connectivity index (χ4n) is 1.45. The highest BCUT2D eigenvalue weighted by Crippen LogP contribution is 2.28. The first-order chi connectivity index (χ1) is 7.25. The van der Waals surface area contributed by atoms with Crippen molar-refractivity contribution >= 4 is 16.3 Å². The molecule has 7 heteroatoms. The normalized spacial score (nSPS) is 21.2. The van der Waals surface area contributed by atoms with Crippen LogP contribution in [-0.4, -0.2) is 29.1 Å². The molecule has 0 bridgehead atoms. The summed E-state index contributed by atoms with van der Waals surface area (Å²) in [6.45, 7) is 1.80. The second-order valence-electron chi connectivity index (χ2n) is 3.31. The van der Waals surface area contributed by atoms with Crippen LogP contribution in [-0.2, 0) is 0 Å². The lowest BCUT2D eigenvalue weighted by Gasteiger charge is -2.22. The van der Waals surface area contributed by atoms with E-state index in [1.807, 2.05) is 0 Å². The van der Waals surface area contributed by atoms with E-state index in [4.69, 9.17) is 4.74 Å². The van der Waals surface area contributed by atoms with Crippen LogP contribution in [0.1, 0.15) is 12.8 Å². The highest BCUT2D eigenvalue weighted by atomic mass is 32.1. The largest absolute Gasteiger partial charge is 0.465 e.